The molecule has 148 valence electrons. The van der Waals surface area contributed by atoms with Gasteiger partial charge >= 0.3 is 0 Å². The highest BCUT2D eigenvalue weighted by molar-refractivity contribution is 6.31. The number of benzene rings is 2. The van der Waals surface area contributed by atoms with E-state index in [9.17, 15) is 9.59 Å². The van der Waals surface area contributed by atoms with Crippen LogP contribution in [0.15, 0.2) is 48.5 Å². The van der Waals surface area contributed by atoms with Crippen molar-refractivity contribution in [3.63, 3.8) is 0 Å². The van der Waals surface area contributed by atoms with Gasteiger partial charge in [-0.05, 0) is 36.2 Å². The molecule has 0 bridgehead atoms. The van der Waals surface area contributed by atoms with Gasteiger partial charge in [0.25, 0.3) is 0 Å². The average molecular weight is 401 g/mol. The molecule has 5 nitrogen and oxygen atoms in total. The van der Waals surface area contributed by atoms with Crippen LogP contribution in [-0.2, 0) is 16.2 Å². The zero-order valence-electron chi connectivity index (χ0n) is 16.2. The Bertz CT molecular complexity index is 836. The summed E-state index contributed by atoms with van der Waals surface area (Å²) in [5.41, 5.74) is 1.69. The Morgan fingerprint density at radius 1 is 1.21 bits per heavy atom. The Labute approximate surface area is 170 Å². The summed E-state index contributed by atoms with van der Waals surface area (Å²) in [6, 6.07) is 14.9. The predicted octanol–water partition coefficient (Wildman–Crippen LogP) is 4.04. The third kappa shape index (κ3) is 5.04. The fourth-order valence-electron chi connectivity index (χ4n) is 3.08. The van der Waals surface area contributed by atoms with Crippen molar-refractivity contribution in [3.8, 4) is 5.75 Å². The van der Waals surface area contributed by atoms with Crippen LogP contribution >= 0.6 is 11.6 Å². The molecule has 0 saturated carbocycles. The lowest BCUT2D eigenvalue weighted by Gasteiger charge is -2.17. The molecule has 0 aromatic heterocycles. The Kier molecular flexibility index (Phi) is 6.57. The highest BCUT2D eigenvalue weighted by atomic mass is 35.5. The zero-order valence-corrected chi connectivity index (χ0v) is 16.9. The van der Waals surface area contributed by atoms with Crippen LogP contribution < -0.4 is 15.0 Å². The third-order valence-electron chi connectivity index (χ3n) is 4.68. The summed E-state index contributed by atoms with van der Waals surface area (Å²) in [6.07, 6.45) is 0.245. The predicted molar refractivity (Wildman–Crippen MR) is 111 cm³/mol. The first-order valence-corrected chi connectivity index (χ1v) is 9.86. The monoisotopic (exact) mass is 400 g/mol. The van der Waals surface area contributed by atoms with Gasteiger partial charge in [0.15, 0.2) is 0 Å². The average Bonchev–Trinajstić information content (AvgIpc) is 3.07. The van der Waals surface area contributed by atoms with Crippen molar-refractivity contribution in [2.75, 3.05) is 18.0 Å². The molecule has 1 unspecified atom stereocenters. The molecule has 3 rings (SSSR count). The highest BCUT2D eigenvalue weighted by Gasteiger charge is 2.35. The number of halogens is 1. The SMILES string of the molecule is CC(C)CNC(=O)C1CC(=O)N(c2ccc(OCc3ccccc3Cl)cc2)C1. The smallest absolute Gasteiger partial charge is 0.227 e. The Morgan fingerprint density at radius 3 is 2.61 bits per heavy atom. The van der Waals surface area contributed by atoms with Gasteiger partial charge in [-0.2, -0.15) is 0 Å². The third-order valence-corrected chi connectivity index (χ3v) is 5.05. The molecule has 1 atom stereocenters. The van der Waals surface area contributed by atoms with Crippen molar-refractivity contribution < 1.29 is 14.3 Å². The van der Waals surface area contributed by atoms with E-state index in [1.54, 1.807) is 4.90 Å². The first kappa shape index (κ1) is 20.2. The van der Waals surface area contributed by atoms with Gasteiger partial charge in [0.05, 0.1) is 5.92 Å². The first-order valence-electron chi connectivity index (χ1n) is 9.48. The van der Waals surface area contributed by atoms with Gasteiger partial charge in [0, 0.05) is 35.8 Å². The van der Waals surface area contributed by atoms with Crippen molar-refractivity contribution in [3.05, 3.63) is 59.1 Å². The van der Waals surface area contributed by atoms with Gasteiger partial charge in [-0.25, -0.2) is 0 Å². The van der Waals surface area contributed by atoms with Gasteiger partial charge in [-0.1, -0.05) is 43.6 Å². The molecule has 0 spiro atoms. The maximum Gasteiger partial charge on any atom is 0.227 e. The van der Waals surface area contributed by atoms with Crippen molar-refractivity contribution >= 4 is 29.1 Å². The Hall–Kier alpha value is -2.53. The summed E-state index contributed by atoms with van der Waals surface area (Å²) >= 11 is 6.14. The zero-order chi connectivity index (χ0) is 20.1. The van der Waals surface area contributed by atoms with E-state index >= 15 is 0 Å². The molecule has 1 aliphatic rings. The van der Waals surface area contributed by atoms with Gasteiger partial charge in [0.1, 0.15) is 12.4 Å². The van der Waals surface area contributed by atoms with E-state index in [1.165, 1.54) is 0 Å². The van der Waals surface area contributed by atoms with Gasteiger partial charge in [-0.15, -0.1) is 0 Å². The lowest BCUT2D eigenvalue weighted by atomic mass is 10.1. The van der Waals surface area contributed by atoms with E-state index in [1.807, 2.05) is 62.4 Å². The van der Waals surface area contributed by atoms with Crippen LogP contribution in [0.25, 0.3) is 0 Å². The second kappa shape index (κ2) is 9.11. The summed E-state index contributed by atoms with van der Waals surface area (Å²) < 4.78 is 5.78. The molecule has 0 aliphatic carbocycles. The van der Waals surface area contributed by atoms with Crippen LogP contribution in [0, 0.1) is 11.8 Å². The minimum absolute atomic E-state index is 0.0329. The van der Waals surface area contributed by atoms with Crippen LogP contribution in [-0.4, -0.2) is 24.9 Å². The van der Waals surface area contributed by atoms with Gasteiger partial charge in [0.2, 0.25) is 11.8 Å². The summed E-state index contributed by atoms with van der Waals surface area (Å²) in [4.78, 5) is 26.3. The van der Waals surface area contributed by atoms with Crippen molar-refractivity contribution in [2.45, 2.75) is 26.9 Å². The summed E-state index contributed by atoms with van der Waals surface area (Å²) in [7, 11) is 0. The number of anilines is 1. The van der Waals surface area contributed by atoms with Crippen LogP contribution in [0.4, 0.5) is 5.69 Å². The summed E-state index contributed by atoms with van der Waals surface area (Å²) in [5, 5.41) is 3.58. The van der Waals surface area contributed by atoms with E-state index in [-0.39, 0.29) is 24.2 Å². The van der Waals surface area contributed by atoms with Crippen molar-refractivity contribution in [1.29, 1.82) is 0 Å². The summed E-state index contributed by atoms with van der Waals surface area (Å²) in [5.74, 6) is 0.693. The number of hydrogen-bond donors (Lipinski definition) is 1. The standard InChI is InChI=1S/C22H25ClN2O3/c1-15(2)12-24-22(27)17-11-21(26)25(13-17)18-7-9-19(10-8-18)28-14-16-5-3-4-6-20(16)23/h3-10,15,17H,11-14H2,1-2H3,(H,24,27). The van der Waals surface area contributed by atoms with Gasteiger partial charge in [-0.3, -0.25) is 9.59 Å². The molecule has 1 saturated heterocycles. The highest BCUT2D eigenvalue weighted by Crippen LogP contribution is 2.27. The number of ether oxygens (including phenoxy) is 1. The van der Waals surface area contributed by atoms with Crippen LogP contribution in [0.1, 0.15) is 25.8 Å². The van der Waals surface area contributed by atoms with Crippen molar-refractivity contribution in [2.24, 2.45) is 11.8 Å². The van der Waals surface area contributed by atoms with E-state index in [4.69, 9.17) is 16.3 Å². The van der Waals surface area contributed by atoms with Crippen LogP contribution in [0.5, 0.6) is 5.75 Å². The van der Waals surface area contributed by atoms with E-state index in [0.29, 0.717) is 36.4 Å². The number of nitrogens with zero attached hydrogens (tertiary/aromatic N) is 1. The number of nitrogens with one attached hydrogen (secondary N) is 1. The van der Waals surface area contributed by atoms with E-state index < -0.39 is 0 Å². The molecule has 1 aliphatic heterocycles. The minimum atomic E-state index is -0.303. The number of carbonyl (C=O) groups excluding carboxylic acids is 2. The number of rotatable bonds is 7. The number of carbonyl (C=O) groups is 2. The van der Waals surface area contributed by atoms with Crippen LogP contribution in [0.3, 0.4) is 0 Å². The van der Waals surface area contributed by atoms with Crippen molar-refractivity contribution in [1.82, 2.24) is 5.32 Å². The Morgan fingerprint density at radius 2 is 1.93 bits per heavy atom. The molecule has 2 aromatic carbocycles. The largest absolute Gasteiger partial charge is 0.489 e. The molecule has 6 heteroatoms. The molecule has 28 heavy (non-hydrogen) atoms. The minimum Gasteiger partial charge on any atom is -0.489 e. The fraction of sp³-hybridized carbons (Fsp3) is 0.364. The molecular formula is C22H25ClN2O3. The Balaban J connectivity index is 1.58. The van der Waals surface area contributed by atoms with E-state index in [2.05, 4.69) is 5.32 Å². The number of amides is 2. The second-order valence-corrected chi connectivity index (χ2v) is 7.83. The maximum absolute atomic E-state index is 12.4. The molecule has 2 amide bonds. The topological polar surface area (TPSA) is 58.6 Å². The second-order valence-electron chi connectivity index (χ2n) is 7.42. The molecule has 1 heterocycles. The first-order chi connectivity index (χ1) is 13.4. The lowest BCUT2D eigenvalue weighted by molar-refractivity contribution is -0.126. The molecular weight excluding hydrogens is 376 g/mol. The normalized spacial score (nSPS) is 16.5. The molecule has 0 radical (unpaired) electrons. The lowest BCUT2D eigenvalue weighted by Crippen LogP contribution is -2.34. The molecule has 1 N–H and O–H groups in total. The molecule has 1 fully saturated rings. The quantitative estimate of drug-likeness (QED) is 0.762. The number of hydrogen-bond acceptors (Lipinski definition) is 3. The fourth-order valence-corrected chi connectivity index (χ4v) is 3.27. The molecule has 2 aromatic rings. The van der Waals surface area contributed by atoms with E-state index in [0.717, 1.165) is 11.3 Å². The van der Waals surface area contributed by atoms with Crippen LogP contribution in [0.2, 0.25) is 5.02 Å². The van der Waals surface area contributed by atoms with Gasteiger partial charge < -0.3 is 15.0 Å². The maximum atomic E-state index is 12.4. The summed E-state index contributed by atoms with van der Waals surface area (Å²) in [6.45, 7) is 5.49.